The van der Waals surface area contributed by atoms with Crippen molar-refractivity contribution in [2.24, 2.45) is 5.92 Å². The number of carbonyl (C=O) groups is 1. The molecule has 4 heteroatoms. The Morgan fingerprint density at radius 2 is 1.95 bits per heavy atom. The number of hydrogen-bond acceptors (Lipinski definition) is 3. The number of benzene rings is 1. The lowest BCUT2D eigenvalue weighted by atomic mass is 10.1. The predicted octanol–water partition coefficient (Wildman–Crippen LogP) is 2.71. The minimum atomic E-state index is -0.890. The van der Waals surface area contributed by atoms with E-state index in [1.807, 2.05) is 19.1 Å². The van der Waals surface area contributed by atoms with Crippen LogP contribution in [0.2, 0.25) is 0 Å². The predicted molar refractivity (Wildman–Crippen MR) is 82.5 cm³/mol. The Kier molecular flexibility index (Phi) is 4.88. The fraction of sp³-hybridized carbons (Fsp3) is 0.588. The Labute approximate surface area is 126 Å². The molecule has 1 N–H and O–H groups in total. The van der Waals surface area contributed by atoms with Gasteiger partial charge < -0.3 is 14.7 Å². The Morgan fingerprint density at radius 3 is 2.43 bits per heavy atom. The molecule has 1 aliphatic rings. The molecule has 1 aromatic carbocycles. The van der Waals surface area contributed by atoms with Crippen LogP contribution in [0.4, 0.5) is 0 Å². The smallest absolute Gasteiger partial charge is 0.253 e. The molecule has 0 heterocycles. The van der Waals surface area contributed by atoms with Gasteiger partial charge in [-0.1, -0.05) is 0 Å². The molecule has 21 heavy (non-hydrogen) atoms. The van der Waals surface area contributed by atoms with Gasteiger partial charge in [-0.15, -0.1) is 0 Å². The van der Waals surface area contributed by atoms with Gasteiger partial charge in [0.25, 0.3) is 5.91 Å². The van der Waals surface area contributed by atoms with Crippen LogP contribution in [-0.2, 0) is 0 Å². The maximum absolute atomic E-state index is 12.4. The quantitative estimate of drug-likeness (QED) is 0.840. The van der Waals surface area contributed by atoms with Crippen LogP contribution in [-0.4, -0.2) is 41.2 Å². The first-order valence-corrected chi connectivity index (χ1v) is 7.63. The lowest BCUT2D eigenvalue weighted by Gasteiger charge is -2.28. The highest BCUT2D eigenvalue weighted by Crippen LogP contribution is 2.29. The van der Waals surface area contributed by atoms with Gasteiger partial charge >= 0.3 is 0 Å². The van der Waals surface area contributed by atoms with Crippen molar-refractivity contribution >= 4 is 5.91 Å². The molecule has 1 aliphatic carbocycles. The first-order valence-electron chi connectivity index (χ1n) is 7.63. The molecular formula is C17H25NO3. The minimum Gasteiger partial charge on any atom is -0.493 e. The lowest BCUT2D eigenvalue weighted by Crippen LogP contribution is -2.42. The number of likely N-dealkylation sites (N-methyl/N-ethyl adjacent to an activating group) is 1. The number of ether oxygens (including phenoxy) is 1. The third kappa shape index (κ3) is 5.05. The zero-order valence-electron chi connectivity index (χ0n) is 13.1. The van der Waals surface area contributed by atoms with Crippen LogP contribution in [0.1, 0.15) is 44.0 Å². The molecule has 1 amide bonds. The summed E-state index contributed by atoms with van der Waals surface area (Å²) in [5, 5.41) is 9.87. The molecule has 0 saturated heterocycles. The normalized spacial score (nSPS) is 14.9. The van der Waals surface area contributed by atoms with E-state index in [4.69, 9.17) is 4.74 Å². The minimum absolute atomic E-state index is 0.0617. The molecule has 1 fully saturated rings. The van der Waals surface area contributed by atoms with E-state index in [0.29, 0.717) is 24.6 Å². The molecule has 0 radical (unpaired) electrons. The van der Waals surface area contributed by atoms with Crippen molar-refractivity contribution in [1.82, 2.24) is 4.90 Å². The van der Waals surface area contributed by atoms with Crippen LogP contribution in [0.3, 0.4) is 0 Å². The standard InChI is InChI=1S/C17H25NO3/c1-4-18(12-17(2,3)20)16(19)14-7-9-15(10-8-14)21-11-13-5-6-13/h7-10,13,20H,4-6,11-12H2,1-3H3. The summed E-state index contributed by atoms with van der Waals surface area (Å²) >= 11 is 0. The molecule has 0 aromatic heterocycles. The van der Waals surface area contributed by atoms with Crippen molar-refractivity contribution in [3.05, 3.63) is 29.8 Å². The summed E-state index contributed by atoms with van der Waals surface area (Å²) in [6.45, 7) is 6.99. The van der Waals surface area contributed by atoms with Crippen molar-refractivity contribution in [2.75, 3.05) is 19.7 Å². The first kappa shape index (κ1) is 15.8. The largest absolute Gasteiger partial charge is 0.493 e. The summed E-state index contributed by atoms with van der Waals surface area (Å²) < 4.78 is 5.67. The van der Waals surface area contributed by atoms with Crippen LogP contribution >= 0.6 is 0 Å². The number of nitrogens with zero attached hydrogens (tertiary/aromatic N) is 1. The van der Waals surface area contributed by atoms with Gasteiger partial charge in [0.05, 0.1) is 12.2 Å². The van der Waals surface area contributed by atoms with E-state index in [1.165, 1.54) is 12.8 Å². The zero-order chi connectivity index (χ0) is 15.5. The van der Waals surface area contributed by atoms with Gasteiger partial charge in [-0.05, 0) is 63.8 Å². The molecule has 2 rings (SSSR count). The Balaban J connectivity index is 1.96. The summed E-state index contributed by atoms with van der Waals surface area (Å²) in [5.74, 6) is 1.46. The first-order chi connectivity index (χ1) is 9.89. The van der Waals surface area contributed by atoms with Gasteiger partial charge in [0, 0.05) is 18.7 Å². The second-order valence-corrected chi connectivity index (χ2v) is 6.41. The summed E-state index contributed by atoms with van der Waals surface area (Å²) in [6.07, 6.45) is 2.53. The van der Waals surface area contributed by atoms with Crippen molar-refractivity contribution in [1.29, 1.82) is 0 Å². The Morgan fingerprint density at radius 1 is 1.33 bits per heavy atom. The summed E-state index contributed by atoms with van der Waals surface area (Å²) in [5.41, 5.74) is -0.265. The van der Waals surface area contributed by atoms with E-state index >= 15 is 0 Å². The van der Waals surface area contributed by atoms with Gasteiger partial charge in [-0.3, -0.25) is 4.79 Å². The molecule has 0 spiro atoms. The average molecular weight is 291 g/mol. The number of hydrogen-bond donors (Lipinski definition) is 1. The van der Waals surface area contributed by atoms with Crippen molar-refractivity contribution in [2.45, 2.75) is 39.2 Å². The van der Waals surface area contributed by atoms with E-state index in [9.17, 15) is 9.90 Å². The van der Waals surface area contributed by atoms with Gasteiger partial charge in [-0.25, -0.2) is 0 Å². The lowest BCUT2D eigenvalue weighted by molar-refractivity contribution is 0.0314. The molecule has 0 aliphatic heterocycles. The van der Waals surface area contributed by atoms with E-state index in [-0.39, 0.29) is 5.91 Å². The molecule has 0 atom stereocenters. The fourth-order valence-corrected chi connectivity index (χ4v) is 2.17. The molecule has 4 nitrogen and oxygen atoms in total. The van der Waals surface area contributed by atoms with Crippen LogP contribution < -0.4 is 4.74 Å². The van der Waals surface area contributed by atoms with Crippen molar-refractivity contribution in [3.63, 3.8) is 0 Å². The zero-order valence-corrected chi connectivity index (χ0v) is 13.1. The number of aliphatic hydroxyl groups is 1. The van der Waals surface area contributed by atoms with Gasteiger partial charge in [0.15, 0.2) is 0 Å². The van der Waals surface area contributed by atoms with Crippen LogP contribution in [0.5, 0.6) is 5.75 Å². The van der Waals surface area contributed by atoms with E-state index in [2.05, 4.69) is 0 Å². The monoisotopic (exact) mass is 291 g/mol. The van der Waals surface area contributed by atoms with Crippen LogP contribution in [0.25, 0.3) is 0 Å². The molecule has 1 saturated carbocycles. The van der Waals surface area contributed by atoms with Crippen molar-refractivity contribution < 1.29 is 14.6 Å². The molecule has 1 aromatic rings. The van der Waals surface area contributed by atoms with E-state index < -0.39 is 5.60 Å². The Bertz CT molecular complexity index is 472. The number of carbonyl (C=O) groups excluding carboxylic acids is 1. The average Bonchev–Trinajstić information content (AvgIpc) is 3.25. The molecular weight excluding hydrogens is 266 g/mol. The number of rotatable bonds is 7. The SMILES string of the molecule is CCN(CC(C)(C)O)C(=O)c1ccc(OCC2CC2)cc1. The second-order valence-electron chi connectivity index (χ2n) is 6.41. The molecule has 0 bridgehead atoms. The highest BCUT2D eigenvalue weighted by Gasteiger charge is 2.23. The third-order valence-corrected chi connectivity index (χ3v) is 3.53. The summed E-state index contributed by atoms with van der Waals surface area (Å²) in [7, 11) is 0. The highest BCUT2D eigenvalue weighted by atomic mass is 16.5. The maximum Gasteiger partial charge on any atom is 0.253 e. The van der Waals surface area contributed by atoms with E-state index in [0.717, 1.165) is 12.4 Å². The Hall–Kier alpha value is -1.55. The number of amides is 1. The van der Waals surface area contributed by atoms with Crippen LogP contribution in [0.15, 0.2) is 24.3 Å². The van der Waals surface area contributed by atoms with Crippen molar-refractivity contribution in [3.8, 4) is 5.75 Å². The molecule has 0 unspecified atom stereocenters. The highest BCUT2D eigenvalue weighted by molar-refractivity contribution is 5.94. The maximum atomic E-state index is 12.4. The van der Waals surface area contributed by atoms with Crippen LogP contribution in [0, 0.1) is 5.92 Å². The van der Waals surface area contributed by atoms with Gasteiger partial charge in [0.2, 0.25) is 0 Å². The van der Waals surface area contributed by atoms with E-state index in [1.54, 1.807) is 30.9 Å². The fourth-order valence-electron chi connectivity index (χ4n) is 2.17. The summed E-state index contributed by atoms with van der Waals surface area (Å²) in [4.78, 5) is 14.1. The molecule has 116 valence electrons. The summed E-state index contributed by atoms with van der Waals surface area (Å²) in [6, 6.07) is 7.26. The topological polar surface area (TPSA) is 49.8 Å². The third-order valence-electron chi connectivity index (χ3n) is 3.53. The second kappa shape index (κ2) is 6.48. The van der Waals surface area contributed by atoms with Gasteiger partial charge in [0.1, 0.15) is 5.75 Å². The van der Waals surface area contributed by atoms with Gasteiger partial charge in [-0.2, -0.15) is 0 Å².